The maximum Gasteiger partial charge on any atom is 0.243 e. The summed E-state index contributed by atoms with van der Waals surface area (Å²) in [6.07, 6.45) is 2.08. The Morgan fingerprint density at radius 1 is 1.12 bits per heavy atom. The van der Waals surface area contributed by atoms with E-state index in [1.165, 1.54) is 11.1 Å². The van der Waals surface area contributed by atoms with Crippen molar-refractivity contribution in [3.05, 3.63) is 71.8 Å². The molecule has 3 rings (SSSR count). The molecule has 3 unspecified atom stereocenters. The molecule has 0 bridgehead atoms. The zero-order chi connectivity index (χ0) is 22.9. The van der Waals surface area contributed by atoms with Gasteiger partial charge >= 0.3 is 0 Å². The largest absolute Gasteiger partial charge is 0.354 e. The Bertz CT molecular complexity index is 875. The molecule has 0 aliphatic carbocycles. The van der Waals surface area contributed by atoms with Crippen LogP contribution in [0.5, 0.6) is 0 Å². The fourth-order valence-corrected chi connectivity index (χ4v) is 4.05. The Morgan fingerprint density at radius 2 is 1.76 bits per heavy atom. The van der Waals surface area contributed by atoms with Crippen LogP contribution in [0.15, 0.2) is 65.7 Å². The summed E-state index contributed by atoms with van der Waals surface area (Å²) < 4.78 is 0. The number of piperidine rings is 1. The van der Waals surface area contributed by atoms with E-state index in [0.29, 0.717) is 18.0 Å². The molecule has 0 saturated carbocycles. The van der Waals surface area contributed by atoms with E-state index in [4.69, 9.17) is 0 Å². The maximum atomic E-state index is 12.1. The van der Waals surface area contributed by atoms with Crippen LogP contribution in [-0.2, 0) is 11.3 Å². The third-order valence-electron chi connectivity index (χ3n) is 6.11. The van der Waals surface area contributed by atoms with E-state index in [-0.39, 0.29) is 42.5 Å². The van der Waals surface area contributed by atoms with Gasteiger partial charge < -0.3 is 15.5 Å². The van der Waals surface area contributed by atoms with Crippen LogP contribution in [-0.4, -0.2) is 60.9 Å². The fraction of sp³-hybridized carbons (Fsp3) is 0.462. The highest BCUT2D eigenvalue weighted by molar-refractivity contribution is 14.0. The summed E-state index contributed by atoms with van der Waals surface area (Å²) in [5.74, 6) is 0.690. The minimum Gasteiger partial charge on any atom is -0.354 e. The van der Waals surface area contributed by atoms with Gasteiger partial charge in [0, 0.05) is 39.3 Å². The highest BCUT2D eigenvalue weighted by Gasteiger charge is 2.26. The van der Waals surface area contributed by atoms with Gasteiger partial charge in [0.25, 0.3) is 0 Å². The number of aliphatic imine (C=N–C) groups is 1. The van der Waals surface area contributed by atoms with Crippen LogP contribution in [0.2, 0.25) is 0 Å². The quantitative estimate of drug-likeness (QED) is 0.304. The molecule has 7 heteroatoms. The average molecular weight is 564 g/mol. The first kappa shape index (κ1) is 27.1. The number of amides is 1. The number of carbonyl (C=O) groups is 1. The Labute approximate surface area is 215 Å². The lowest BCUT2D eigenvalue weighted by Gasteiger charge is -2.38. The number of carbonyl (C=O) groups excluding carboxylic acids is 1. The molecule has 1 heterocycles. The molecule has 1 aliphatic rings. The van der Waals surface area contributed by atoms with Crippen molar-refractivity contribution in [2.45, 2.75) is 51.4 Å². The summed E-state index contributed by atoms with van der Waals surface area (Å²) in [4.78, 5) is 20.8. The number of hydrogen-bond donors (Lipinski definition) is 2. The molecular weight excluding hydrogens is 525 g/mol. The minimum atomic E-state index is -0.00971. The molecule has 0 radical (unpaired) electrons. The van der Waals surface area contributed by atoms with Crippen LogP contribution < -0.4 is 10.6 Å². The predicted octanol–water partition coefficient (Wildman–Crippen LogP) is 4.04. The van der Waals surface area contributed by atoms with E-state index >= 15 is 0 Å². The number of likely N-dealkylation sites (N-methyl/N-ethyl adjacent to an activating group) is 1. The SMILES string of the molecule is CC(NC(=NCC(=O)N(C)C)NC1CCN(Cc2ccccc2)C(C)C1)c1ccccc1.I. The monoisotopic (exact) mass is 563 g/mol. The number of nitrogens with zero attached hydrogens (tertiary/aromatic N) is 3. The molecule has 1 fully saturated rings. The Morgan fingerprint density at radius 3 is 2.36 bits per heavy atom. The van der Waals surface area contributed by atoms with E-state index in [0.717, 1.165) is 25.9 Å². The number of nitrogens with one attached hydrogen (secondary N) is 2. The zero-order valence-corrected chi connectivity index (χ0v) is 22.5. The number of halogens is 1. The van der Waals surface area contributed by atoms with Crippen molar-refractivity contribution < 1.29 is 4.79 Å². The molecule has 180 valence electrons. The van der Waals surface area contributed by atoms with Crippen molar-refractivity contribution >= 4 is 35.8 Å². The maximum absolute atomic E-state index is 12.1. The first-order valence-corrected chi connectivity index (χ1v) is 11.5. The van der Waals surface area contributed by atoms with Gasteiger partial charge in [0.2, 0.25) is 5.91 Å². The second-order valence-electron chi connectivity index (χ2n) is 8.90. The lowest BCUT2D eigenvalue weighted by molar-refractivity contribution is -0.127. The summed E-state index contributed by atoms with van der Waals surface area (Å²) in [5, 5.41) is 7.10. The van der Waals surface area contributed by atoms with E-state index in [1.807, 2.05) is 18.2 Å². The first-order valence-electron chi connectivity index (χ1n) is 11.5. The Balaban J connectivity index is 0.00000385. The molecule has 6 nitrogen and oxygen atoms in total. The molecule has 0 aromatic heterocycles. The molecule has 2 aromatic carbocycles. The van der Waals surface area contributed by atoms with Crippen LogP contribution in [0.3, 0.4) is 0 Å². The first-order chi connectivity index (χ1) is 15.4. The molecule has 2 N–H and O–H groups in total. The van der Waals surface area contributed by atoms with Gasteiger partial charge in [0.1, 0.15) is 6.54 Å². The molecule has 0 spiro atoms. The van der Waals surface area contributed by atoms with Crippen molar-refractivity contribution in [2.24, 2.45) is 4.99 Å². The minimum absolute atomic E-state index is 0. The van der Waals surface area contributed by atoms with E-state index in [1.54, 1.807) is 19.0 Å². The van der Waals surface area contributed by atoms with E-state index in [2.05, 4.69) is 76.8 Å². The molecule has 3 atom stereocenters. The highest BCUT2D eigenvalue weighted by atomic mass is 127. The lowest BCUT2D eigenvalue weighted by atomic mass is 9.97. The van der Waals surface area contributed by atoms with Crippen LogP contribution in [0.4, 0.5) is 0 Å². The summed E-state index contributed by atoms with van der Waals surface area (Å²) in [6, 6.07) is 21.8. The molecule has 1 saturated heterocycles. The second-order valence-corrected chi connectivity index (χ2v) is 8.90. The number of benzene rings is 2. The van der Waals surface area contributed by atoms with Crippen molar-refractivity contribution in [3.8, 4) is 0 Å². The van der Waals surface area contributed by atoms with Gasteiger partial charge in [-0.3, -0.25) is 9.69 Å². The molecule has 2 aromatic rings. The van der Waals surface area contributed by atoms with Gasteiger partial charge in [-0.1, -0.05) is 60.7 Å². The Kier molecular flexibility index (Phi) is 11.1. The van der Waals surface area contributed by atoms with E-state index < -0.39 is 0 Å². The normalized spacial score (nSPS) is 19.8. The van der Waals surface area contributed by atoms with Gasteiger partial charge in [0.15, 0.2) is 5.96 Å². The van der Waals surface area contributed by atoms with Gasteiger partial charge in [-0.2, -0.15) is 0 Å². The van der Waals surface area contributed by atoms with Crippen LogP contribution >= 0.6 is 24.0 Å². The topological polar surface area (TPSA) is 60.0 Å². The van der Waals surface area contributed by atoms with E-state index in [9.17, 15) is 4.79 Å². The number of rotatable bonds is 7. The van der Waals surface area contributed by atoms with Crippen LogP contribution in [0.25, 0.3) is 0 Å². The van der Waals surface area contributed by atoms with Crippen molar-refractivity contribution in [2.75, 3.05) is 27.2 Å². The number of guanidine groups is 1. The summed E-state index contributed by atoms with van der Waals surface area (Å²) in [7, 11) is 3.52. The molecular formula is C26H38IN5O. The van der Waals surface area contributed by atoms with Gasteiger partial charge in [-0.15, -0.1) is 24.0 Å². The highest BCUT2D eigenvalue weighted by Crippen LogP contribution is 2.20. The summed E-state index contributed by atoms with van der Waals surface area (Å²) >= 11 is 0. The van der Waals surface area contributed by atoms with Crippen LogP contribution in [0, 0.1) is 0 Å². The standard InChI is InChI=1S/C26H37N5O.HI/c1-20-17-24(15-16-31(20)19-22-11-7-5-8-12-22)29-26(27-18-25(32)30(3)4)28-21(2)23-13-9-6-10-14-23;/h5-14,20-21,24H,15-19H2,1-4H3,(H2,27,28,29);1H. The average Bonchev–Trinajstić information content (AvgIpc) is 2.80. The summed E-state index contributed by atoms with van der Waals surface area (Å²) in [6.45, 7) is 6.56. The Hall–Kier alpha value is -2.13. The number of likely N-dealkylation sites (tertiary alicyclic amines) is 1. The number of hydrogen-bond acceptors (Lipinski definition) is 3. The van der Waals surface area contributed by atoms with Gasteiger partial charge in [-0.05, 0) is 37.8 Å². The summed E-state index contributed by atoms with van der Waals surface area (Å²) in [5.41, 5.74) is 2.54. The predicted molar refractivity (Wildman–Crippen MR) is 147 cm³/mol. The lowest BCUT2D eigenvalue weighted by Crippen LogP contribution is -2.51. The molecule has 33 heavy (non-hydrogen) atoms. The third-order valence-corrected chi connectivity index (χ3v) is 6.11. The molecule has 1 aliphatic heterocycles. The third kappa shape index (κ3) is 8.62. The second kappa shape index (κ2) is 13.5. The van der Waals surface area contributed by atoms with Gasteiger partial charge in [-0.25, -0.2) is 4.99 Å². The van der Waals surface area contributed by atoms with Crippen LogP contribution in [0.1, 0.15) is 43.9 Å². The molecule has 1 amide bonds. The van der Waals surface area contributed by atoms with Gasteiger partial charge in [0.05, 0.1) is 6.04 Å². The fourth-order valence-electron chi connectivity index (χ4n) is 4.05. The van der Waals surface area contributed by atoms with Crippen molar-refractivity contribution in [1.29, 1.82) is 0 Å². The van der Waals surface area contributed by atoms with Crippen molar-refractivity contribution in [1.82, 2.24) is 20.4 Å². The smallest absolute Gasteiger partial charge is 0.243 e. The van der Waals surface area contributed by atoms with Crippen molar-refractivity contribution in [3.63, 3.8) is 0 Å². The zero-order valence-electron chi connectivity index (χ0n) is 20.2.